The third kappa shape index (κ3) is 5.78. The number of hydrogen-bond acceptors (Lipinski definition) is 8. The van der Waals surface area contributed by atoms with Crippen LogP contribution in [0.4, 0.5) is 8.78 Å². The molecule has 0 radical (unpaired) electrons. The maximum absolute atomic E-state index is 14.1. The van der Waals surface area contributed by atoms with E-state index in [1.807, 2.05) is 9.80 Å². The fourth-order valence-corrected chi connectivity index (χ4v) is 5.87. The Hall–Kier alpha value is -3.58. The van der Waals surface area contributed by atoms with Gasteiger partial charge >= 0.3 is 0 Å². The number of ether oxygens (including phenoxy) is 2. The van der Waals surface area contributed by atoms with Crippen molar-refractivity contribution in [1.82, 2.24) is 29.6 Å². The van der Waals surface area contributed by atoms with Crippen LogP contribution in [0, 0.1) is 11.8 Å². The Morgan fingerprint density at radius 1 is 1.10 bits per heavy atom. The third-order valence-electron chi connectivity index (χ3n) is 8.18. The number of fused-ring (bicyclic) bond motifs is 1. The number of guanidine groups is 1. The van der Waals surface area contributed by atoms with Crippen LogP contribution < -0.4 is 5.32 Å². The van der Waals surface area contributed by atoms with E-state index in [2.05, 4.69) is 10.3 Å². The van der Waals surface area contributed by atoms with Crippen molar-refractivity contribution in [3.05, 3.63) is 36.2 Å². The number of morpholine rings is 1. The van der Waals surface area contributed by atoms with Gasteiger partial charge in [-0.1, -0.05) is 12.1 Å². The minimum absolute atomic E-state index is 0.0444. The highest BCUT2D eigenvalue weighted by atomic mass is 19.3. The van der Waals surface area contributed by atoms with Crippen LogP contribution in [0.1, 0.15) is 32.0 Å². The lowest BCUT2D eigenvalue weighted by atomic mass is 9.92. The van der Waals surface area contributed by atoms with Crippen LogP contribution in [0.2, 0.25) is 0 Å². The highest BCUT2D eigenvalue weighted by Crippen LogP contribution is 2.29. The first-order valence-corrected chi connectivity index (χ1v) is 14.2. The van der Waals surface area contributed by atoms with Gasteiger partial charge in [-0.25, -0.2) is 18.8 Å². The predicted octanol–water partition coefficient (Wildman–Crippen LogP) is 2.12. The van der Waals surface area contributed by atoms with E-state index in [4.69, 9.17) is 14.5 Å². The van der Waals surface area contributed by atoms with Crippen molar-refractivity contribution >= 4 is 34.6 Å². The van der Waals surface area contributed by atoms with Crippen molar-refractivity contribution in [1.29, 1.82) is 0 Å². The number of amides is 2. The van der Waals surface area contributed by atoms with Crippen LogP contribution in [0.25, 0.3) is 16.9 Å². The van der Waals surface area contributed by atoms with E-state index in [0.29, 0.717) is 94.7 Å². The standard InChI is InChI=1S/C28H35F2N7O4/c1-18(38)34-8-6-20(7-9-34)27(39)36-15-19(16-36)17-41-24-14-23(32-28(33-24)35-10-12-40-13-11-35)37-22-5-3-2-4-21(22)31-26(37)25(29)30/h2-5,14,19-20,24-25H,6-13,15-17H2,1H3,(H,32,33). The number of piperidine rings is 1. The molecule has 4 aliphatic rings. The molecule has 5 heterocycles. The Balaban J connectivity index is 1.13. The van der Waals surface area contributed by atoms with Gasteiger partial charge in [0.15, 0.2) is 12.1 Å². The fourth-order valence-electron chi connectivity index (χ4n) is 5.87. The predicted molar refractivity (Wildman–Crippen MR) is 147 cm³/mol. The maximum Gasteiger partial charge on any atom is 0.296 e. The fraction of sp³-hybridized carbons (Fsp3) is 0.571. The summed E-state index contributed by atoms with van der Waals surface area (Å²) in [5.41, 5.74) is 1.04. The van der Waals surface area contributed by atoms with Gasteiger partial charge in [-0.15, -0.1) is 0 Å². The molecule has 6 rings (SSSR count). The van der Waals surface area contributed by atoms with E-state index in [1.165, 1.54) is 4.57 Å². The van der Waals surface area contributed by atoms with Crippen molar-refractivity contribution in [3.63, 3.8) is 0 Å². The molecule has 1 N–H and O–H groups in total. The molecule has 1 atom stereocenters. The van der Waals surface area contributed by atoms with Gasteiger partial charge in [0.05, 0.1) is 30.9 Å². The van der Waals surface area contributed by atoms with E-state index < -0.39 is 12.7 Å². The lowest BCUT2D eigenvalue weighted by molar-refractivity contribution is -0.147. The highest BCUT2D eigenvalue weighted by Gasteiger charge is 2.37. The van der Waals surface area contributed by atoms with E-state index in [1.54, 1.807) is 42.2 Å². The number of alkyl halides is 2. The molecule has 0 aliphatic carbocycles. The topological polar surface area (TPSA) is 105 Å². The average Bonchev–Trinajstić information content (AvgIpc) is 3.37. The molecule has 3 fully saturated rings. The summed E-state index contributed by atoms with van der Waals surface area (Å²) in [7, 11) is 0. The number of nitrogens with one attached hydrogen (secondary N) is 1. The van der Waals surface area contributed by atoms with Crippen LogP contribution in [0.15, 0.2) is 35.3 Å². The Kier molecular flexibility index (Phi) is 7.89. The summed E-state index contributed by atoms with van der Waals surface area (Å²) in [4.78, 5) is 39.1. The van der Waals surface area contributed by atoms with Crippen LogP contribution in [-0.2, 0) is 19.1 Å². The van der Waals surface area contributed by atoms with Gasteiger partial charge in [0.2, 0.25) is 17.8 Å². The second-order valence-corrected chi connectivity index (χ2v) is 10.9. The van der Waals surface area contributed by atoms with Crippen molar-refractivity contribution in [2.75, 3.05) is 59.1 Å². The summed E-state index contributed by atoms with van der Waals surface area (Å²) in [6.45, 7) is 6.72. The van der Waals surface area contributed by atoms with Gasteiger partial charge in [0.25, 0.3) is 6.43 Å². The van der Waals surface area contributed by atoms with Gasteiger partial charge in [0, 0.05) is 64.1 Å². The number of likely N-dealkylation sites (tertiary alicyclic amines) is 2. The number of nitrogens with zero attached hydrogens (tertiary/aromatic N) is 6. The quantitative estimate of drug-likeness (QED) is 0.567. The van der Waals surface area contributed by atoms with E-state index in [0.717, 1.165) is 0 Å². The number of halogens is 2. The maximum atomic E-state index is 14.1. The molecule has 2 aromatic rings. The molecule has 1 aromatic heterocycles. The molecule has 1 unspecified atom stereocenters. The number of hydrogen-bond donors (Lipinski definition) is 1. The summed E-state index contributed by atoms with van der Waals surface area (Å²) in [6, 6.07) is 7.03. The number of carbonyl (C=O) groups excluding carboxylic acids is 2. The zero-order valence-corrected chi connectivity index (χ0v) is 23.0. The number of para-hydroxylation sites is 2. The van der Waals surface area contributed by atoms with Gasteiger partial charge in [-0.05, 0) is 25.0 Å². The Morgan fingerprint density at radius 2 is 1.83 bits per heavy atom. The Bertz CT molecular complexity index is 1340. The molecule has 13 heteroatoms. The lowest BCUT2D eigenvalue weighted by Gasteiger charge is -2.42. The average molecular weight is 572 g/mol. The van der Waals surface area contributed by atoms with Crippen molar-refractivity contribution < 1.29 is 27.8 Å². The highest BCUT2D eigenvalue weighted by molar-refractivity contribution is 5.90. The summed E-state index contributed by atoms with van der Waals surface area (Å²) >= 11 is 0. The number of aromatic nitrogens is 2. The minimum atomic E-state index is -2.77. The smallest absolute Gasteiger partial charge is 0.296 e. The number of rotatable bonds is 6. The first-order chi connectivity index (χ1) is 19.9. The van der Waals surface area contributed by atoms with Gasteiger partial charge in [0.1, 0.15) is 5.82 Å². The van der Waals surface area contributed by atoms with Crippen LogP contribution >= 0.6 is 0 Å². The van der Waals surface area contributed by atoms with Crippen LogP contribution in [-0.4, -0.2) is 107 Å². The molecule has 1 aromatic carbocycles. The van der Waals surface area contributed by atoms with E-state index in [9.17, 15) is 18.4 Å². The van der Waals surface area contributed by atoms with E-state index >= 15 is 0 Å². The van der Waals surface area contributed by atoms with Crippen molar-refractivity contribution in [2.24, 2.45) is 16.8 Å². The normalized spacial score (nSPS) is 22.4. The molecule has 41 heavy (non-hydrogen) atoms. The number of benzene rings is 1. The zero-order chi connectivity index (χ0) is 28.5. The number of carbonyl (C=O) groups is 2. The molecule has 0 bridgehead atoms. The number of aliphatic imine (C=N–C) groups is 1. The Morgan fingerprint density at radius 3 is 2.54 bits per heavy atom. The SMILES string of the molecule is CC(=O)N1CCC(C(=O)N2CC(COC3C=C(n4c(C(F)F)nc5ccccc54)NC(N4CCOCC4)=N3)C2)CC1. The molecule has 0 spiro atoms. The number of imidazole rings is 1. The first kappa shape index (κ1) is 27.6. The largest absolute Gasteiger partial charge is 0.378 e. The molecular formula is C28H35F2N7O4. The zero-order valence-electron chi connectivity index (χ0n) is 23.0. The summed E-state index contributed by atoms with van der Waals surface area (Å²) in [5.74, 6) is 0.918. The minimum Gasteiger partial charge on any atom is -0.378 e. The molecule has 220 valence electrons. The molecule has 11 nitrogen and oxygen atoms in total. The second kappa shape index (κ2) is 11.7. The second-order valence-electron chi connectivity index (χ2n) is 10.9. The third-order valence-corrected chi connectivity index (χ3v) is 8.18. The lowest BCUT2D eigenvalue weighted by Crippen LogP contribution is -2.55. The van der Waals surface area contributed by atoms with Crippen LogP contribution in [0.3, 0.4) is 0 Å². The van der Waals surface area contributed by atoms with Crippen molar-refractivity contribution in [3.8, 4) is 0 Å². The summed E-state index contributed by atoms with van der Waals surface area (Å²) < 4.78 is 41.3. The van der Waals surface area contributed by atoms with Gasteiger partial charge in [-0.3, -0.25) is 14.2 Å². The monoisotopic (exact) mass is 571 g/mol. The Labute approximate surface area is 236 Å². The van der Waals surface area contributed by atoms with Crippen molar-refractivity contribution in [2.45, 2.75) is 32.4 Å². The van der Waals surface area contributed by atoms with Gasteiger partial charge in [-0.2, -0.15) is 0 Å². The molecule has 0 saturated carbocycles. The van der Waals surface area contributed by atoms with Gasteiger partial charge < -0.3 is 29.5 Å². The molecular weight excluding hydrogens is 536 g/mol. The first-order valence-electron chi connectivity index (χ1n) is 14.2. The van der Waals surface area contributed by atoms with Crippen LogP contribution in [0.5, 0.6) is 0 Å². The molecule has 2 amide bonds. The summed E-state index contributed by atoms with van der Waals surface area (Å²) in [5, 5.41) is 3.24. The summed E-state index contributed by atoms with van der Waals surface area (Å²) in [6.07, 6.45) is -0.378. The molecule has 3 saturated heterocycles. The molecule has 4 aliphatic heterocycles. The van der Waals surface area contributed by atoms with E-state index in [-0.39, 0.29) is 29.5 Å².